The molecule has 3 heterocycles. The highest BCUT2D eigenvalue weighted by molar-refractivity contribution is 6.76. The van der Waals surface area contributed by atoms with Gasteiger partial charge in [0.2, 0.25) is 0 Å². The number of dihydropyridines is 1. The minimum atomic E-state index is -1.33. The van der Waals surface area contributed by atoms with E-state index < -0.39 is 8.07 Å². The van der Waals surface area contributed by atoms with E-state index in [1.165, 1.54) is 0 Å². The molecule has 0 radical (unpaired) electrons. The zero-order valence-corrected chi connectivity index (χ0v) is 15.0. The summed E-state index contributed by atoms with van der Waals surface area (Å²) in [5, 5.41) is 3.74. The van der Waals surface area contributed by atoms with Crippen LogP contribution in [0, 0.1) is 0 Å². The fourth-order valence-electron chi connectivity index (χ4n) is 3.11. The first-order valence-corrected chi connectivity index (χ1v) is 11.7. The van der Waals surface area contributed by atoms with Gasteiger partial charge in [-0.2, -0.15) is 0 Å². The summed E-state index contributed by atoms with van der Waals surface area (Å²) in [4.78, 5) is 9.13. The largest absolute Gasteiger partial charge is 0.369 e. The third-order valence-corrected chi connectivity index (χ3v) is 5.49. The van der Waals surface area contributed by atoms with Crippen LogP contribution in [0.15, 0.2) is 67.0 Å². The van der Waals surface area contributed by atoms with Crippen LogP contribution in [-0.4, -0.2) is 18.0 Å². The maximum absolute atomic E-state index is 4.65. The molecule has 1 atom stereocenters. The molecule has 118 valence electrons. The van der Waals surface area contributed by atoms with Crippen LogP contribution < -0.4 is 5.32 Å². The molecule has 1 aliphatic rings. The maximum atomic E-state index is 4.65. The zero-order valence-electron chi connectivity index (χ0n) is 14.0. The van der Waals surface area contributed by atoms with Crippen LogP contribution >= 0.6 is 0 Å². The molecule has 0 aliphatic carbocycles. The SMILES string of the molecule is C[Si](C)(C)CC1(c2ccccn2)C=CC=C(c2ccccn2)N1. The van der Waals surface area contributed by atoms with E-state index in [0.29, 0.717) is 0 Å². The second-order valence-electron chi connectivity index (χ2n) is 7.20. The first-order chi connectivity index (χ1) is 11.0. The van der Waals surface area contributed by atoms with Gasteiger partial charge in [0, 0.05) is 20.5 Å². The minimum Gasteiger partial charge on any atom is -0.369 e. The van der Waals surface area contributed by atoms with Crippen molar-refractivity contribution in [3.8, 4) is 0 Å². The first-order valence-electron chi connectivity index (χ1n) is 7.99. The molecule has 0 saturated heterocycles. The number of rotatable bonds is 4. The lowest BCUT2D eigenvalue weighted by Crippen LogP contribution is -2.46. The van der Waals surface area contributed by atoms with E-state index in [1.54, 1.807) is 0 Å². The first kappa shape index (κ1) is 15.7. The van der Waals surface area contributed by atoms with E-state index in [1.807, 2.05) is 36.7 Å². The predicted molar refractivity (Wildman–Crippen MR) is 98.6 cm³/mol. The lowest BCUT2D eigenvalue weighted by molar-refractivity contribution is 0.510. The molecule has 0 bridgehead atoms. The summed E-state index contributed by atoms with van der Waals surface area (Å²) >= 11 is 0. The van der Waals surface area contributed by atoms with Crippen LogP contribution in [0.1, 0.15) is 11.4 Å². The van der Waals surface area contributed by atoms with Crippen molar-refractivity contribution in [2.24, 2.45) is 0 Å². The number of aromatic nitrogens is 2. The van der Waals surface area contributed by atoms with Crippen LogP contribution in [0.4, 0.5) is 0 Å². The minimum absolute atomic E-state index is 0.257. The molecule has 0 saturated carbocycles. The van der Waals surface area contributed by atoms with Crippen molar-refractivity contribution in [3.63, 3.8) is 0 Å². The number of nitrogens with zero attached hydrogens (tertiary/aromatic N) is 2. The molecule has 3 rings (SSSR count). The van der Waals surface area contributed by atoms with Gasteiger partial charge >= 0.3 is 0 Å². The van der Waals surface area contributed by atoms with Crippen molar-refractivity contribution in [1.29, 1.82) is 0 Å². The number of nitrogens with one attached hydrogen (secondary N) is 1. The summed E-state index contributed by atoms with van der Waals surface area (Å²) in [6.45, 7) is 7.18. The molecular weight excluding hydrogens is 298 g/mol. The molecule has 1 aliphatic heterocycles. The third-order valence-electron chi connectivity index (χ3n) is 3.87. The molecule has 0 amide bonds. The molecule has 0 aromatic carbocycles. The van der Waals surface area contributed by atoms with E-state index in [4.69, 9.17) is 0 Å². The summed E-state index contributed by atoms with van der Waals surface area (Å²) in [6, 6.07) is 13.2. The number of hydrogen-bond donors (Lipinski definition) is 1. The molecule has 4 heteroatoms. The van der Waals surface area contributed by atoms with Gasteiger partial charge in [0.15, 0.2) is 0 Å². The Hall–Kier alpha value is -2.20. The third kappa shape index (κ3) is 3.59. The summed E-state index contributed by atoms with van der Waals surface area (Å²) < 4.78 is 0. The Bertz CT molecular complexity index is 717. The Morgan fingerprint density at radius 1 is 1.00 bits per heavy atom. The van der Waals surface area contributed by atoms with Gasteiger partial charge in [-0.1, -0.05) is 43.9 Å². The quantitative estimate of drug-likeness (QED) is 0.857. The van der Waals surface area contributed by atoms with Crippen LogP contribution in [-0.2, 0) is 5.54 Å². The van der Waals surface area contributed by atoms with E-state index >= 15 is 0 Å². The van der Waals surface area contributed by atoms with Gasteiger partial charge in [-0.15, -0.1) is 0 Å². The second-order valence-corrected chi connectivity index (χ2v) is 12.7. The van der Waals surface area contributed by atoms with Crippen molar-refractivity contribution in [3.05, 3.63) is 78.4 Å². The Morgan fingerprint density at radius 3 is 2.35 bits per heavy atom. The molecular formula is C19H23N3Si. The molecule has 1 unspecified atom stereocenters. The smallest absolute Gasteiger partial charge is 0.0961 e. The highest BCUT2D eigenvalue weighted by Gasteiger charge is 2.37. The Labute approximate surface area is 139 Å². The molecule has 2 aromatic heterocycles. The van der Waals surface area contributed by atoms with E-state index in [-0.39, 0.29) is 5.54 Å². The lowest BCUT2D eigenvalue weighted by atomic mass is 9.92. The van der Waals surface area contributed by atoms with Crippen molar-refractivity contribution in [2.75, 3.05) is 0 Å². The summed E-state index contributed by atoms with van der Waals surface area (Å²) in [5.74, 6) is 0. The lowest BCUT2D eigenvalue weighted by Gasteiger charge is -2.39. The van der Waals surface area contributed by atoms with Crippen molar-refractivity contribution in [2.45, 2.75) is 31.2 Å². The van der Waals surface area contributed by atoms with Crippen LogP contribution in [0.25, 0.3) is 5.70 Å². The fourth-order valence-corrected chi connectivity index (χ4v) is 5.17. The highest BCUT2D eigenvalue weighted by atomic mass is 28.3. The Balaban J connectivity index is 2.01. The summed E-state index contributed by atoms with van der Waals surface area (Å²) in [7, 11) is -1.33. The second kappa shape index (κ2) is 6.12. The Morgan fingerprint density at radius 2 is 1.74 bits per heavy atom. The van der Waals surface area contributed by atoms with Crippen LogP contribution in [0.2, 0.25) is 25.7 Å². The van der Waals surface area contributed by atoms with Gasteiger partial charge in [-0.05, 0) is 36.4 Å². The van der Waals surface area contributed by atoms with Crippen molar-refractivity contribution < 1.29 is 0 Å². The highest BCUT2D eigenvalue weighted by Crippen LogP contribution is 2.35. The predicted octanol–water partition coefficient (Wildman–Crippen LogP) is 4.21. The van der Waals surface area contributed by atoms with E-state index in [2.05, 4.69) is 65.3 Å². The molecule has 3 nitrogen and oxygen atoms in total. The van der Waals surface area contributed by atoms with E-state index in [0.717, 1.165) is 23.1 Å². The van der Waals surface area contributed by atoms with Gasteiger partial charge in [-0.25, -0.2) is 0 Å². The standard InChI is InChI=1S/C19H23N3Si/c1-23(2,3)15-19(18-11-5-7-14-21-18)12-8-10-17(22-19)16-9-4-6-13-20-16/h4-14,22H,15H2,1-3H3. The number of allylic oxidation sites excluding steroid dienone is 2. The summed E-state index contributed by atoms with van der Waals surface area (Å²) in [5.41, 5.74) is 2.83. The molecule has 0 spiro atoms. The molecule has 1 N–H and O–H groups in total. The molecule has 23 heavy (non-hydrogen) atoms. The maximum Gasteiger partial charge on any atom is 0.0961 e. The van der Waals surface area contributed by atoms with Crippen LogP contribution in [0.5, 0.6) is 0 Å². The number of pyridine rings is 2. The van der Waals surface area contributed by atoms with Crippen molar-refractivity contribution >= 4 is 13.8 Å². The van der Waals surface area contributed by atoms with Gasteiger partial charge in [0.1, 0.15) is 0 Å². The van der Waals surface area contributed by atoms with Gasteiger partial charge in [-0.3, -0.25) is 9.97 Å². The van der Waals surface area contributed by atoms with Gasteiger partial charge in [0.05, 0.1) is 22.6 Å². The van der Waals surface area contributed by atoms with Gasteiger partial charge < -0.3 is 5.32 Å². The molecule has 0 fully saturated rings. The average Bonchev–Trinajstić information content (AvgIpc) is 2.55. The summed E-state index contributed by atoms with van der Waals surface area (Å²) in [6.07, 6.45) is 10.2. The topological polar surface area (TPSA) is 37.8 Å². The Kier molecular flexibility index (Phi) is 4.18. The van der Waals surface area contributed by atoms with Gasteiger partial charge in [0.25, 0.3) is 0 Å². The van der Waals surface area contributed by atoms with E-state index in [9.17, 15) is 0 Å². The average molecular weight is 322 g/mol. The number of hydrogen-bond acceptors (Lipinski definition) is 3. The fraction of sp³-hybridized carbons (Fsp3) is 0.263. The monoisotopic (exact) mass is 321 g/mol. The zero-order chi connectivity index (χ0) is 16.3. The van der Waals surface area contributed by atoms with Crippen molar-refractivity contribution in [1.82, 2.24) is 15.3 Å². The van der Waals surface area contributed by atoms with Crippen LogP contribution in [0.3, 0.4) is 0 Å². The normalized spacial score (nSPS) is 20.7. The molecule has 2 aromatic rings.